The maximum atomic E-state index is 11.9. The average molecular weight is 384 g/mol. The Morgan fingerprint density at radius 1 is 1.27 bits per heavy atom. The Labute approximate surface area is 156 Å². The number of aryl methyl sites for hydroxylation is 1. The number of aromatic nitrogens is 4. The number of anilines is 1. The molecule has 130 valence electrons. The largest absolute Gasteiger partial charge is 0.459 e. The van der Waals surface area contributed by atoms with E-state index in [-0.39, 0.29) is 10.9 Å². The minimum Gasteiger partial charge on any atom is -0.459 e. The number of thiocarbonyl (C=S) groups is 1. The zero-order chi connectivity index (χ0) is 18.1. The summed E-state index contributed by atoms with van der Waals surface area (Å²) in [6.07, 6.45) is 1.43. The zero-order valence-corrected chi connectivity index (χ0v) is 15.1. The smallest absolute Gasteiger partial charge is 0.293 e. The molecule has 8 nitrogen and oxygen atoms in total. The van der Waals surface area contributed by atoms with Crippen molar-refractivity contribution in [3.8, 4) is 10.6 Å². The fraction of sp³-hybridized carbons (Fsp3) is 0.0625. The lowest BCUT2D eigenvalue weighted by Gasteiger charge is -2.09. The number of hydrogen-bond acceptors (Lipinski definition) is 7. The van der Waals surface area contributed by atoms with Crippen molar-refractivity contribution in [2.45, 2.75) is 6.92 Å². The van der Waals surface area contributed by atoms with Crippen LogP contribution >= 0.6 is 23.6 Å². The maximum Gasteiger partial charge on any atom is 0.293 e. The number of nitrogens with one attached hydrogen (secondary N) is 2. The molecule has 2 N–H and O–H groups in total. The number of benzene rings is 1. The van der Waals surface area contributed by atoms with Crippen LogP contribution in [0.4, 0.5) is 5.69 Å². The summed E-state index contributed by atoms with van der Waals surface area (Å²) in [6.45, 7) is 1.85. The second-order valence-corrected chi connectivity index (χ2v) is 6.68. The van der Waals surface area contributed by atoms with Gasteiger partial charge in [0.2, 0.25) is 4.96 Å². The van der Waals surface area contributed by atoms with Crippen molar-refractivity contribution in [3.63, 3.8) is 0 Å². The van der Waals surface area contributed by atoms with Gasteiger partial charge in [-0.2, -0.15) is 9.61 Å². The Bertz CT molecular complexity index is 1100. The highest BCUT2D eigenvalue weighted by Gasteiger charge is 2.12. The molecule has 0 unspecified atom stereocenters. The maximum absolute atomic E-state index is 11.9. The molecule has 4 rings (SSSR count). The van der Waals surface area contributed by atoms with Crippen molar-refractivity contribution in [1.82, 2.24) is 25.1 Å². The van der Waals surface area contributed by atoms with Crippen molar-refractivity contribution < 1.29 is 9.21 Å². The van der Waals surface area contributed by atoms with Crippen LogP contribution in [0.1, 0.15) is 16.4 Å². The molecule has 0 bridgehead atoms. The number of nitrogens with zero attached hydrogens (tertiary/aromatic N) is 4. The standard InChI is InChI=1S/C16H12N6O2S2/c1-9-19-20-16-22(9)21-14(26-16)10-4-2-5-11(8-10)17-15(25)18-13(23)12-6-3-7-24-12/h2-8H,1H3,(H2,17,18,23,25). The summed E-state index contributed by atoms with van der Waals surface area (Å²) in [4.78, 5) is 12.7. The predicted molar refractivity (Wildman–Crippen MR) is 101 cm³/mol. The Hall–Kier alpha value is -3.11. The van der Waals surface area contributed by atoms with E-state index in [1.165, 1.54) is 17.6 Å². The third-order valence-electron chi connectivity index (χ3n) is 3.49. The average Bonchev–Trinajstić information content (AvgIpc) is 3.34. The van der Waals surface area contributed by atoms with Gasteiger partial charge in [0.05, 0.1) is 6.26 Å². The van der Waals surface area contributed by atoms with Crippen LogP contribution in [0.3, 0.4) is 0 Å². The van der Waals surface area contributed by atoms with Crippen LogP contribution in [-0.4, -0.2) is 30.8 Å². The van der Waals surface area contributed by atoms with E-state index in [2.05, 4.69) is 25.9 Å². The van der Waals surface area contributed by atoms with E-state index in [0.29, 0.717) is 0 Å². The first-order valence-electron chi connectivity index (χ1n) is 7.55. The van der Waals surface area contributed by atoms with E-state index in [1.807, 2.05) is 31.2 Å². The monoisotopic (exact) mass is 384 g/mol. The fourth-order valence-corrected chi connectivity index (χ4v) is 3.39. The zero-order valence-electron chi connectivity index (χ0n) is 13.5. The van der Waals surface area contributed by atoms with Crippen LogP contribution in [-0.2, 0) is 0 Å². The molecule has 0 saturated carbocycles. The normalized spacial score (nSPS) is 10.8. The quantitative estimate of drug-likeness (QED) is 0.524. The molecule has 0 aliphatic carbocycles. The van der Waals surface area contributed by atoms with Gasteiger partial charge in [-0.3, -0.25) is 10.1 Å². The summed E-state index contributed by atoms with van der Waals surface area (Å²) in [5, 5.41) is 19.1. The lowest BCUT2D eigenvalue weighted by Crippen LogP contribution is -2.33. The minimum atomic E-state index is -0.409. The Morgan fingerprint density at radius 3 is 2.92 bits per heavy atom. The van der Waals surface area contributed by atoms with E-state index in [4.69, 9.17) is 16.6 Å². The first-order valence-corrected chi connectivity index (χ1v) is 8.78. The van der Waals surface area contributed by atoms with Crippen molar-refractivity contribution in [1.29, 1.82) is 0 Å². The molecule has 0 fully saturated rings. The molecule has 1 aromatic carbocycles. The Morgan fingerprint density at radius 2 is 2.15 bits per heavy atom. The van der Waals surface area contributed by atoms with Crippen molar-refractivity contribution in [2.24, 2.45) is 0 Å². The molecule has 0 radical (unpaired) electrons. The van der Waals surface area contributed by atoms with E-state index >= 15 is 0 Å². The van der Waals surface area contributed by atoms with Crippen LogP contribution in [0, 0.1) is 6.92 Å². The predicted octanol–water partition coefficient (Wildman–Crippen LogP) is 2.88. The summed E-state index contributed by atoms with van der Waals surface area (Å²) in [7, 11) is 0. The van der Waals surface area contributed by atoms with Crippen molar-refractivity contribution in [3.05, 3.63) is 54.2 Å². The van der Waals surface area contributed by atoms with E-state index in [1.54, 1.807) is 16.6 Å². The van der Waals surface area contributed by atoms with Gasteiger partial charge in [0.1, 0.15) is 5.01 Å². The molecule has 0 saturated heterocycles. The number of carbonyl (C=O) groups is 1. The van der Waals surface area contributed by atoms with E-state index in [9.17, 15) is 4.79 Å². The highest BCUT2D eigenvalue weighted by Crippen LogP contribution is 2.27. The number of hydrogen-bond donors (Lipinski definition) is 2. The van der Waals surface area contributed by atoms with Gasteiger partial charge in [-0.1, -0.05) is 23.5 Å². The molecular weight excluding hydrogens is 372 g/mol. The summed E-state index contributed by atoms with van der Waals surface area (Å²) in [6, 6.07) is 10.8. The molecule has 1 amide bonds. The van der Waals surface area contributed by atoms with Crippen LogP contribution in [0.25, 0.3) is 15.5 Å². The first kappa shape index (κ1) is 16.4. The Balaban J connectivity index is 1.50. The first-order chi connectivity index (χ1) is 12.6. The molecule has 3 aromatic heterocycles. The van der Waals surface area contributed by atoms with Crippen LogP contribution in [0.2, 0.25) is 0 Å². The highest BCUT2D eigenvalue weighted by molar-refractivity contribution is 7.80. The van der Waals surface area contributed by atoms with Crippen LogP contribution < -0.4 is 10.6 Å². The summed E-state index contributed by atoms with van der Waals surface area (Å²) < 4.78 is 6.74. The van der Waals surface area contributed by atoms with Gasteiger partial charge in [0, 0.05) is 11.3 Å². The molecule has 3 heterocycles. The number of rotatable bonds is 3. The van der Waals surface area contributed by atoms with Gasteiger partial charge >= 0.3 is 0 Å². The van der Waals surface area contributed by atoms with Gasteiger partial charge in [0.25, 0.3) is 5.91 Å². The molecule has 4 aromatic rings. The minimum absolute atomic E-state index is 0.178. The van der Waals surface area contributed by atoms with Crippen LogP contribution in [0.5, 0.6) is 0 Å². The Kier molecular flexibility index (Phi) is 4.19. The molecule has 10 heteroatoms. The SMILES string of the molecule is Cc1nnc2sc(-c3cccc(NC(=S)NC(=O)c4ccco4)c3)nn12. The summed E-state index contributed by atoms with van der Waals surface area (Å²) in [5.41, 5.74) is 1.64. The summed E-state index contributed by atoms with van der Waals surface area (Å²) >= 11 is 6.63. The fourth-order valence-electron chi connectivity index (χ4n) is 2.30. The lowest BCUT2D eigenvalue weighted by molar-refractivity contribution is 0.0950. The summed E-state index contributed by atoms with van der Waals surface area (Å²) in [5.74, 6) is 0.518. The molecule has 26 heavy (non-hydrogen) atoms. The lowest BCUT2D eigenvalue weighted by atomic mass is 10.2. The third kappa shape index (κ3) is 3.19. The second-order valence-electron chi connectivity index (χ2n) is 5.32. The van der Waals surface area contributed by atoms with Gasteiger partial charge in [-0.15, -0.1) is 10.2 Å². The van der Waals surface area contributed by atoms with Gasteiger partial charge in [-0.25, -0.2) is 0 Å². The van der Waals surface area contributed by atoms with Gasteiger partial charge in [0.15, 0.2) is 16.7 Å². The molecule has 0 aliphatic rings. The third-order valence-corrected chi connectivity index (χ3v) is 4.64. The number of amides is 1. The van der Waals surface area contributed by atoms with Crippen molar-refractivity contribution in [2.75, 3.05) is 5.32 Å². The van der Waals surface area contributed by atoms with E-state index in [0.717, 1.165) is 27.0 Å². The topological polar surface area (TPSA) is 97.3 Å². The molecule has 0 atom stereocenters. The molecule has 0 aliphatic heterocycles. The van der Waals surface area contributed by atoms with Gasteiger partial charge < -0.3 is 9.73 Å². The molecular formula is C16H12N6O2S2. The van der Waals surface area contributed by atoms with Crippen LogP contribution in [0.15, 0.2) is 47.1 Å². The van der Waals surface area contributed by atoms with Gasteiger partial charge in [-0.05, 0) is 43.4 Å². The van der Waals surface area contributed by atoms with E-state index < -0.39 is 5.91 Å². The number of carbonyl (C=O) groups excluding carboxylic acids is 1. The number of fused-ring (bicyclic) bond motifs is 1. The second kappa shape index (κ2) is 6.65. The van der Waals surface area contributed by atoms with Crippen molar-refractivity contribution >= 4 is 45.2 Å². The molecule has 0 spiro atoms. The highest BCUT2D eigenvalue weighted by atomic mass is 32.1. The number of furan rings is 1.